The summed E-state index contributed by atoms with van der Waals surface area (Å²) >= 11 is 6.02. The van der Waals surface area contributed by atoms with Crippen molar-refractivity contribution in [3.05, 3.63) is 71.1 Å². The summed E-state index contributed by atoms with van der Waals surface area (Å²) in [7, 11) is -3.68. The third-order valence-electron chi connectivity index (χ3n) is 3.55. The lowest BCUT2D eigenvalue weighted by Crippen LogP contribution is -2.23. The van der Waals surface area contributed by atoms with Gasteiger partial charge in [0.15, 0.2) is 5.76 Å². The Bertz CT molecular complexity index is 954. The number of furan rings is 1. The Labute approximate surface area is 145 Å². The van der Waals surface area contributed by atoms with E-state index in [4.69, 9.17) is 16.0 Å². The zero-order valence-corrected chi connectivity index (χ0v) is 14.4. The Morgan fingerprint density at radius 1 is 1.21 bits per heavy atom. The fraction of sp³-hybridized carbons (Fsp3) is 0.118. The van der Waals surface area contributed by atoms with Crippen LogP contribution in [0.25, 0.3) is 11.5 Å². The normalized spacial score (nSPS) is 11.6. The van der Waals surface area contributed by atoms with Crippen LogP contribution >= 0.6 is 11.6 Å². The summed E-state index contributed by atoms with van der Waals surface area (Å²) in [5, 5.41) is 0.413. The number of halogens is 1. The quantitative estimate of drug-likeness (QED) is 0.749. The van der Waals surface area contributed by atoms with Crippen molar-refractivity contribution in [3.8, 4) is 11.5 Å². The molecule has 0 unspecified atom stereocenters. The molecule has 1 N–H and O–H groups in total. The van der Waals surface area contributed by atoms with Crippen LogP contribution in [0.15, 0.2) is 64.2 Å². The van der Waals surface area contributed by atoms with Crippen molar-refractivity contribution in [1.82, 2.24) is 9.71 Å². The zero-order valence-electron chi connectivity index (χ0n) is 12.9. The van der Waals surface area contributed by atoms with Crippen molar-refractivity contribution in [2.24, 2.45) is 0 Å². The highest BCUT2D eigenvalue weighted by Crippen LogP contribution is 2.23. The van der Waals surface area contributed by atoms with Gasteiger partial charge in [-0.1, -0.05) is 23.7 Å². The van der Waals surface area contributed by atoms with Gasteiger partial charge in [0.25, 0.3) is 0 Å². The molecule has 124 valence electrons. The number of benzene rings is 1. The minimum absolute atomic E-state index is 0.0949. The van der Waals surface area contributed by atoms with Crippen molar-refractivity contribution in [1.29, 1.82) is 0 Å². The molecule has 0 saturated carbocycles. The Balaban J connectivity index is 1.84. The van der Waals surface area contributed by atoms with Crippen LogP contribution in [-0.2, 0) is 16.6 Å². The molecule has 3 aromatic rings. The number of nitrogens with zero attached hydrogens (tertiary/aromatic N) is 1. The van der Waals surface area contributed by atoms with E-state index in [1.54, 1.807) is 42.8 Å². The van der Waals surface area contributed by atoms with Crippen molar-refractivity contribution < 1.29 is 12.8 Å². The molecule has 0 radical (unpaired) electrons. The highest BCUT2D eigenvalue weighted by atomic mass is 35.5. The average Bonchev–Trinajstić information content (AvgIpc) is 3.10. The summed E-state index contributed by atoms with van der Waals surface area (Å²) in [4.78, 5) is 4.40. The first-order valence-corrected chi connectivity index (χ1v) is 9.07. The molecule has 2 aromatic heterocycles. The molecule has 2 heterocycles. The second-order valence-corrected chi connectivity index (χ2v) is 7.40. The molecule has 7 heteroatoms. The van der Waals surface area contributed by atoms with Gasteiger partial charge in [-0.3, -0.25) is 4.98 Å². The molecule has 24 heavy (non-hydrogen) atoms. The van der Waals surface area contributed by atoms with E-state index < -0.39 is 10.0 Å². The summed E-state index contributed by atoms with van der Waals surface area (Å²) in [5.41, 5.74) is 2.14. The predicted octanol–water partition coefficient (Wildman–Crippen LogP) is 3.78. The molecule has 0 saturated heterocycles. The molecule has 0 amide bonds. The highest BCUT2D eigenvalue weighted by Gasteiger charge is 2.17. The molecule has 1 aromatic carbocycles. The average molecular weight is 363 g/mol. The second-order valence-electron chi connectivity index (χ2n) is 5.22. The summed E-state index contributed by atoms with van der Waals surface area (Å²) in [6, 6.07) is 11.7. The van der Waals surface area contributed by atoms with E-state index in [0.717, 1.165) is 5.56 Å². The first-order chi connectivity index (χ1) is 11.5. The molecule has 3 rings (SSSR count). The van der Waals surface area contributed by atoms with Gasteiger partial charge in [-0.05, 0) is 48.4 Å². The number of hydrogen-bond donors (Lipinski definition) is 1. The molecule has 0 fully saturated rings. The predicted molar refractivity (Wildman–Crippen MR) is 92.2 cm³/mol. The van der Waals surface area contributed by atoms with E-state index in [0.29, 0.717) is 22.0 Å². The number of sulfonamides is 1. The van der Waals surface area contributed by atoms with Crippen molar-refractivity contribution >= 4 is 21.6 Å². The maximum absolute atomic E-state index is 12.5. The van der Waals surface area contributed by atoms with Crippen LogP contribution in [0.3, 0.4) is 0 Å². The fourth-order valence-electron chi connectivity index (χ4n) is 2.21. The first-order valence-electron chi connectivity index (χ1n) is 7.21. The van der Waals surface area contributed by atoms with Crippen LogP contribution in [0.5, 0.6) is 0 Å². The van der Waals surface area contributed by atoms with Gasteiger partial charge >= 0.3 is 0 Å². The van der Waals surface area contributed by atoms with E-state index in [1.807, 2.05) is 6.92 Å². The lowest BCUT2D eigenvalue weighted by molar-refractivity contribution is 0.575. The number of hydrogen-bond acceptors (Lipinski definition) is 4. The van der Waals surface area contributed by atoms with E-state index in [2.05, 4.69) is 9.71 Å². The Morgan fingerprint density at radius 3 is 2.75 bits per heavy atom. The summed E-state index contributed by atoms with van der Waals surface area (Å²) in [5.74, 6) is 0.586. The van der Waals surface area contributed by atoms with Crippen LogP contribution in [-0.4, -0.2) is 13.4 Å². The molecule has 0 aliphatic carbocycles. The molecule has 0 spiro atoms. The maximum Gasteiger partial charge on any atom is 0.240 e. The Kier molecular flexibility index (Phi) is 4.71. The van der Waals surface area contributed by atoms with Gasteiger partial charge in [-0.25, -0.2) is 13.1 Å². The fourth-order valence-corrected chi connectivity index (χ4v) is 3.49. The SMILES string of the molecule is Cc1ccc(S(=O)(=O)NCc2cccnc2-c2ccco2)cc1Cl. The number of rotatable bonds is 5. The second kappa shape index (κ2) is 6.76. The van der Waals surface area contributed by atoms with Crippen molar-refractivity contribution in [3.63, 3.8) is 0 Å². The smallest absolute Gasteiger partial charge is 0.240 e. The number of pyridine rings is 1. The highest BCUT2D eigenvalue weighted by molar-refractivity contribution is 7.89. The zero-order chi connectivity index (χ0) is 17.2. The van der Waals surface area contributed by atoms with Crippen LogP contribution in [0.1, 0.15) is 11.1 Å². The van der Waals surface area contributed by atoms with Crippen molar-refractivity contribution in [2.45, 2.75) is 18.4 Å². The van der Waals surface area contributed by atoms with Crippen LogP contribution in [0.2, 0.25) is 5.02 Å². The van der Waals surface area contributed by atoms with Crippen molar-refractivity contribution in [2.75, 3.05) is 0 Å². The minimum atomic E-state index is -3.68. The monoisotopic (exact) mass is 362 g/mol. The number of nitrogens with one attached hydrogen (secondary N) is 1. The molecule has 0 aliphatic heterocycles. The molecule has 0 atom stereocenters. The van der Waals surface area contributed by atoms with Gasteiger partial charge in [0, 0.05) is 17.8 Å². The summed E-state index contributed by atoms with van der Waals surface area (Å²) in [6.45, 7) is 1.91. The Hall–Kier alpha value is -2.15. The molecule has 0 bridgehead atoms. The summed E-state index contributed by atoms with van der Waals surface area (Å²) < 4.78 is 32.8. The topological polar surface area (TPSA) is 72.2 Å². The van der Waals surface area contributed by atoms with Gasteiger partial charge in [0.1, 0.15) is 5.69 Å². The van der Waals surface area contributed by atoms with Gasteiger partial charge in [0.2, 0.25) is 10.0 Å². The summed E-state index contributed by atoms with van der Waals surface area (Å²) in [6.07, 6.45) is 3.18. The largest absolute Gasteiger partial charge is 0.463 e. The number of aromatic nitrogens is 1. The van der Waals surface area contributed by atoms with Crippen LogP contribution in [0.4, 0.5) is 0 Å². The third-order valence-corrected chi connectivity index (χ3v) is 5.36. The third kappa shape index (κ3) is 3.51. The molecular formula is C17H15ClN2O3S. The van der Waals surface area contributed by atoms with Gasteiger partial charge in [-0.15, -0.1) is 0 Å². The molecule has 5 nitrogen and oxygen atoms in total. The van der Waals surface area contributed by atoms with Gasteiger partial charge < -0.3 is 4.42 Å². The van der Waals surface area contributed by atoms with E-state index in [9.17, 15) is 8.42 Å². The number of aryl methyl sites for hydroxylation is 1. The van der Waals surface area contributed by atoms with E-state index >= 15 is 0 Å². The minimum Gasteiger partial charge on any atom is -0.463 e. The van der Waals surface area contributed by atoms with Crippen LogP contribution < -0.4 is 4.72 Å². The lowest BCUT2D eigenvalue weighted by atomic mass is 10.1. The van der Waals surface area contributed by atoms with E-state index in [-0.39, 0.29) is 11.4 Å². The molecule has 0 aliphatic rings. The Morgan fingerprint density at radius 2 is 2.04 bits per heavy atom. The van der Waals surface area contributed by atoms with Gasteiger partial charge in [-0.2, -0.15) is 0 Å². The van der Waals surface area contributed by atoms with Gasteiger partial charge in [0.05, 0.1) is 11.2 Å². The lowest BCUT2D eigenvalue weighted by Gasteiger charge is -2.10. The first kappa shape index (κ1) is 16.7. The van der Waals surface area contributed by atoms with Crippen LogP contribution in [0, 0.1) is 6.92 Å². The standard InChI is InChI=1S/C17H15ClN2O3S/c1-12-6-7-14(10-15(12)18)24(21,22)20-11-13-4-2-8-19-17(13)16-5-3-9-23-16/h2-10,20H,11H2,1H3. The maximum atomic E-state index is 12.5. The molecular weight excluding hydrogens is 348 g/mol. The van der Waals surface area contributed by atoms with E-state index in [1.165, 1.54) is 12.1 Å².